The summed E-state index contributed by atoms with van der Waals surface area (Å²) in [6.45, 7) is 13.3. The first kappa shape index (κ1) is 17.5. The summed E-state index contributed by atoms with van der Waals surface area (Å²) in [5, 5.41) is 3.21. The van der Waals surface area contributed by atoms with Gasteiger partial charge in [0.05, 0.1) is 0 Å². The molecule has 4 heteroatoms. The van der Waals surface area contributed by atoms with E-state index < -0.39 is 0 Å². The Morgan fingerprint density at radius 1 is 1.24 bits per heavy atom. The maximum Gasteiger partial charge on any atom is 0.254 e. The largest absolute Gasteiger partial charge is 0.370 e. The molecule has 0 fully saturated rings. The van der Waals surface area contributed by atoms with Gasteiger partial charge >= 0.3 is 0 Å². The number of nitrogens with one attached hydrogen (secondary N) is 1. The molecule has 1 atom stereocenters. The van der Waals surface area contributed by atoms with Gasteiger partial charge in [0.15, 0.2) is 0 Å². The van der Waals surface area contributed by atoms with Crippen molar-refractivity contribution < 1.29 is 4.79 Å². The van der Waals surface area contributed by atoms with Crippen molar-refractivity contribution in [2.75, 3.05) is 18.9 Å². The van der Waals surface area contributed by atoms with Crippen molar-refractivity contribution in [3.05, 3.63) is 23.4 Å². The molecule has 0 bridgehead atoms. The van der Waals surface area contributed by atoms with E-state index in [0.717, 1.165) is 18.1 Å². The molecule has 0 spiro atoms. The maximum absolute atomic E-state index is 12.7. The lowest BCUT2D eigenvalue weighted by Gasteiger charge is -2.28. The van der Waals surface area contributed by atoms with Gasteiger partial charge in [0.25, 0.3) is 5.91 Å². The number of hydrogen-bond acceptors (Lipinski definition) is 3. The van der Waals surface area contributed by atoms with E-state index in [2.05, 4.69) is 44.9 Å². The fourth-order valence-corrected chi connectivity index (χ4v) is 2.08. The molecule has 0 radical (unpaired) electrons. The Balaban J connectivity index is 3.13. The molecule has 1 N–H and O–H groups in total. The van der Waals surface area contributed by atoms with E-state index in [9.17, 15) is 4.79 Å². The van der Waals surface area contributed by atoms with Crippen LogP contribution in [0.25, 0.3) is 0 Å². The second-order valence-corrected chi connectivity index (χ2v) is 6.25. The van der Waals surface area contributed by atoms with E-state index in [0.29, 0.717) is 17.4 Å². The summed E-state index contributed by atoms with van der Waals surface area (Å²) in [5.74, 6) is 1.55. The van der Waals surface area contributed by atoms with Crippen LogP contribution in [0, 0.1) is 5.92 Å². The van der Waals surface area contributed by atoms with Gasteiger partial charge in [-0.3, -0.25) is 4.79 Å². The third-order valence-electron chi connectivity index (χ3n) is 3.94. The van der Waals surface area contributed by atoms with Crippen molar-refractivity contribution in [3.63, 3.8) is 0 Å². The van der Waals surface area contributed by atoms with Crippen LogP contribution in [-0.4, -0.2) is 35.4 Å². The third-order valence-corrected chi connectivity index (χ3v) is 3.94. The summed E-state index contributed by atoms with van der Waals surface area (Å²) in [7, 11) is 1.87. The van der Waals surface area contributed by atoms with E-state index in [-0.39, 0.29) is 11.9 Å². The number of rotatable bonds is 6. The van der Waals surface area contributed by atoms with Crippen LogP contribution in [-0.2, 0) is 0 Å². The molecular formula is C17H29N3O. The van der Waals surface area contributed by atoms with Gasteiger partial charge in [0.1, 0.15) is 5.82 Å². The zero-order valence-corrected chi connectivity index (χ0v) is 14.4. The Morgan fingerprint density at radius 3 is 2.33 bits per heavy atom. The van der Waals surface area contributed by atoms with Crippen LogP contribution in [0.15, 0.2) is 12.1 Å². The van der Waals surface area contributed by atoms with E-state index >= 15 is 0 Å². The monoisotopic (exact) mass is 291 g/mol. The number of pyridine rings is 1. The topological polar surface area (TPSA) is 45.2 Å². The third kappa shape index (κ3) is 4.45. The minimum atomic E-state index is 0.0552. The molecule has 0 aromatic carbocycles. The second kappa shape index (κ2) is 7.43. The fraction of sp³-hybridized carbons (Fsp3) is 0.647. The lowest BCUT2D eigenvalue weighted by molar-refractivity contribution is 0.0707. The molecule has 4 nitrogen and oxygen atoms in total. The molecule has 0 aliphatic carbocycles. The number of hydrogen-bond donors (Lipinski definition) is 1. The average molecular weight is 291 g/mol. The van der Waals surface area contributed by atoms with Crippen molar-refractivity contribution >= 4 is 11.7 Å². The van der Waals surface area contributed by atoms with Crippen LogP contribution in [0.3, 0.4) is 0 Å². The first-order valence-electron chi connectivity index (χ1n) is 7.80. The van der Waals surface area contributed by atoms with Gasteiger partial charge in [-0.2, -0.15) is 0 Å². The molecule has 1 amide bonds. The number of anilines is 1. The van der Waals surface area contributed by atoms with Crippen LogP contribution >= 0.6 is 0 Å². The second-order valence-electron chi connectivity index (χ2n) is 6.25. The summed E-state index contributed by atoms with van der Waals surface area (Å²) in [4.78, 5) is 19.1. The zero-order valence-electron chi connectivity index (χ0n) is 14.4. The van der Waals surface area contributed by atoms with Gasteiger partial charge in [0.2, 0.25) is 0 Å². The Labute approximate surface area is 129 Å². The number of carbonyl (C=O) groups excluding carboxylic acids is 1. The normalized spacial score (nSPS) is 12.6. The van der Waals surface area contributed by atoms with Gasteiger partial charge in [-0.05, 0) is 37.8 Å². The smallest absolute Gasteiger partial charge is 0.254 e. The molecule has 0 saturated carbocycles. The van der Waals surface area contributed by atoms with Crippen molar-refractivity contribution in [2.24, 2.45) is 5.92 Å². The van der Waals surface area contributed by atoms with Crippen LogP contribution < -0.4 is 5.32 Å². The average Bonchev–Trinajstić information content (AvgIpc) is 2.44. The highest BCUT2D eigenvalue weighted by Crippen LogP contribution is 2.20. The molecule has 1 aromatic heterocycles. The highest BCUT2D eigenvalue weighted by atomic mass is 16.2. The minimum absolute atomic E-state index is 0.0552. The molecular weight excluding hydrogens is 262 g/mol. The van der Waals surface area contributed by atoms with E-state index in [1.54, 1.807) is 0 Å². The first-order chi connectivity index (χ1) is 9.77. The standard InChI is InChI=1S/C17H29N3O/c1-8-18-16-10-14(9-15(19-16)12(4)5)17(21)20(7)13(6)11(2)3/h9-13H,8H2,1-7H3,(H,18,19). The Bertz CT molecular complexity index is 483. The summed E-state index contributed by atoms with van der Waals surface area (Å²) in [5.41, 5.74) is 1.65. The van der Waals surface area contributed by atoms with Gasteiger partial charge in [-0.25, -0.2) is 4.98 Å². The van der Waals surface area contributed by atoms with Crippen LogP contribution in [0.2, 0.25) is 0 Å². The number of carbonyl (C=O) groups is 1. The summed E-state index contributed by atoms with van der Waals surface area (Å²) >= 11 is 0. The van der Waals surface area contributed by atoms with E-state index in [4.69, 9.17) is 0 Å². The number of aromatic nitrogens is 1. The molecule has 21 heavy (non-hydrogen) atoms. The van der Waals surface area contributed by atoms with Crippen LogP contribution in [0.4, 0.5) is 5.82 Å². The van der Waals surface area contributed by atoms with Crippen LogP contribution in [0.1, 0.15) is 63.5 Å². The Morgan fingerprint density at radius 2 is 1.86 bits per heavy atom. The van der Waals surface area contributed by atoms with E-state index in [1.165, 1.54) is 0 Å². The van der Waals surface area contributed by atoms with Gasteiger partial charge in [0, 0.05) is 30.9 Å². The zero-order chi connectivity index (χ0) is 16.2. The SMILES string of the molecule is CCNc1cc(C(=O)N(C)C(C)C(C)C)cc(C(C)C)n1. The predicted molar refractivity (Wildman–Crippen MR) is 88.9 cm³/mol. The Kier molecular flexibility index (Phi) is 6.19. The predicted octanol–water partition coefficient (Wildman–Crippen LogP) is 3.75. The fourth-order valence-electron chi connectivity index (χ4n) is 2.08. The molecule has 0 saturated heterocycles. The van der Waals surface area contributed by atoms with Gasteiger partial charge < -0.3 is 10.2 Å². The molecule has 118 valence electrons. The summed E-state index contributed by atoms with van der Waals surface area (Å²) in [6, 6.07) is 3.97. The highest BCUT2D eigenvalue weighted by Gasteiger charge is 2.21. The number of nitrogens with zero attached hydrogens (tertiary/aromatic N) is 2. The van der Waals surface area contributed by atoms with Crippen molar-refractivity contribution in [1.29, 1.82) is 0 Å². The van der Waals surface area contributed by atoms with Crippen molar-refractivity contribution in [3.8, 4) is 0 Å². The molecule has 1 heterocycles. The van der Waals surface area contributed by atoms with Gasteiger partial charge in [-0.1, -0.05) is 27.7 Å². The lowest BCUT2D eigenvalue weighted by Crippen LogP contribution is -2.38. The van der Waals surface area contributed by atoms with Crippen molar-refractivity contribution in [2.45, 2.75) is 53.5 Å². The summed E-state index contributed by atoms with van der Waals surface area (Å²) < 4.78 is 0. The molecule has 1 unspecified atom stereocenters. The molecule has 1 rings (SSSR count). The molecule has 0 aliphatic heterocycles. The van der Waals surface area contributed by atoms with Crippen LogP contribution in [0.5, 0.6) is 0 Å². The molecule has 1 aromatic rings. The Hall–Kier alpha value is -1.58. The number of amides is 1. The maximum atomic E-state index is 12.7. The summed E-state index contributed by atoms with van der Waals surface area (Å²) in [6.07, 6.45) is 0. The van der Waals surface area contributed by atoms with Crippen molar-refractivity contribution in [1.82, 2.24) is 9.88 Å². The van der Waals surface area contributed by atoms with Gasteiger partial charge in [-0.15, -0.1) is 0 Å². The lowest BCUT2D eigenvalue weighted by atomic mass is 10.0. The van der Waals surface area contributed by atoms with E-state index in [1.807, 2.05) is 31.0 Å². The first-order valence-corrected chi connectivity index (χ1v) is 7.80. The quantitative estimate of drug-likeness (QED) is 0.868. The molecule has 0 aliphatic rings. The highest BCUT2D eigenvalue weighted by molar-refractivity contribution is 5.95. The minimum Gasteiger partial charge on any atom is -0.370 e.